The Hall–Kier alpha value is -1.94. The van der Waals surface area contributed by atoms with E-state index in [1.807, 2.05) is 6.92 Å². The molecule has 2 unspecified atom stereocenters. The number of hydrogen-bond donors (Lipinski definition) is 4. The normalized spacial score (nSPS) is 33.6. The Kier molecular flexibility index (Phi) is 4.50. The molecule has 1 saturated heterocycles. The molecule has 4 N–H and O–H groups in total. The van der Waals surface area contributed by atoms with E-state index >= 15 is 0 Å². The second kappa shape index (κ2) is 6.59. The van der Waals surface area contributed by atoms with Crippen molar-refractivity contribution in [3.05, 3.63) is 29.0 Å². The van der Waals surface area contributed by atoms with Gasteiger partial charge in [-0.05, 0) is 38.3 Å². The van der Waals surface area contributed by atoms with E-state index in [9.17, 15) is 14.0 Å². The first kappa shape index (κ1) is 18.4. The van der Waals surface area contributed by atoms with Crippen LogP contribution in [0.4, 0.5) is 4.39 Å². The number of amides is 2. The second-order valence-electron chi connectivity index (χ2n) is 7.50. The summed E-state index contributed by atoms with van der Waals surface area (Å²) in [5, 5.41) is 8.87. The second-order valence-corrected chi connectivity index (χ2v) is 7.90. The van der Waals surface area contributed by atoms with Crippen molar-refractivity contribution in [3.63, 3.8) is 0 Å². The molecule has 4 aliphatic rings. The molecule has 2 bridgehead atoms. The SMILES string of the molecule is CC1NOC(C(=O)NC23CC(NC(=O)COc4ccc(Cl)c(F)c4)(C2)C3)N1. The minimum atomic E-state index is -0.715. The van der Waals surface area contributed by atoms with E-state index in [4.69, 9.17) is 21.2 Å². The van der Waals surface area contributed by atoms with Gasteiger partial charge in [0.05, 0.1) is 11.2 Å². The molecule has 2 atom stereocenters. The van der Waals surface area contributed by atoms with Gasteiger partial charge in [0, 0.05) is 17.1 Å². The summed E-state index contributed by atoms with van der Waals surface area (Å²) in [4.78, 5) is 29.4. The fourth-order valence-corrected chi connectivity index (χ4v) is 4.14. The number of nitrogens with one attached hydrogen (secondary N) is 4. The zero-order valence-corrected chi connectivity index (χ0v) is 15.4. The number of benzene rings is 1. The molecular formula is C17H20ClFN4O4. The standard InChI is InChI=1S/C17H20ClFN4O4/c1-9-20-15(27-23-9)14(25)22-17-6-16(7-17,8-17)21-13(24)5-26-10-2-3-11(18)12(19)4-10/h2-4,9,15,20,23H,5-8H2,1H3,(H,21,24)(H,22,25). The van der Waals surface area contributed by atoms with Crippen molar-refractivity contribution in [2.45, 2.75) is 49.7 Å². The molecule has 1 aromatic rings. The van der Waals surface area contributed by atoms with Gasteiger partial charge in [0.1, 0.15) is 11.6 Å². The summed E-state index contributed by atoms with van der Waals surface area (Å²) in [6, 6.07) is 4.01. The third-order valence-electron chi connectivity index (χ3n) is 5.09. The van der Waals surface area contributed by atoms with E-state index in [1.54, 1.807) is 0 Å². The Morgan fingerprint density at radius 3 is 2.67 bits per heavy atom. The van der Waals surface area contributed by atoms with Gasteiger partial charge in [-0.1, -0.05) is 11.6 Å². The lowest BCUT2D eigenvalue weighted by Crippen LogP contribution is -2.84. The van der Waals surface area contributed by atoms with Crippen molar-refractivity contribution >= 4 is 23.4 Å². The lowest BCUT2D eigenvalue weighted by molar-refractivity contribution is -0.157. The Morgan fingerprint density at radius 2 is 2.04 bits per heavy atom. The minimum Gasteiger partial charge on any atom is -0.484 e. The van der Waals surface area contributed by atoms with Crippen LogP contribution in [-0.2, 0) is 14.4 Å². The molecular weight excluding hydrogens is 379 g/mol. The Labute approximate surface area is 160 Å². The summed E-state index contributed by atoms with van der Waals surface area (Å²) in [7, 11) is 0. The molecule has 3 saturated carbocycles. The average Bonchev–Trinajstić information content (AvgIpc) is 2.99. The fourth-order valence-electron chi connectivity index (χ4n) is 4.02. The van der Waals surface area contributed by atoms with E-state index in [0.717, 1.165) is 6.07 Å². The smallest absolute Gasteiger partial charge is 0.266 e. The van der Waals surface area contributed by atoms with Gasteiger partial charge in [-0.25, -0.2) is 4.39 Å². The first-order valence-corrected chi connectivity index (χ1v) is 9.04. The highest BCUT2D eigenvalue weighted by atomic mass is 35.5. The molecule has 27 heavy (non-hydrogen) atoms. The highest BCUT2D eigenvalue weighted by Gasteiger charge is 2.69. The molecule has 3 aliphatic carbocycles. The van der Waals surface area contributed by atoms with Gasteiger partial charge < -0.3 is 15.4 Å². The maximum Gasteiger partial charge on any atom is 0.266 e. The summed E-state index contributed by atoms with van der Waals surface area (Å²) in [6.45, 7) is 1.63. The molecule has 146 valence electrons. The maximum atomic E-state index is 13.4. The van der Waals surface area contributed by atoms with Gasteiger partial charge >= 0.3 is 0 Å². The predicted molar refractivity (Wildman–Crippen MR) is 93.1 cm³/mol. The maximum absolute atomic E-state index is 13.4. The molecule has 10 heteroatoms. The monoisotopic (exact) mass is 398 g/mol. The number of hydroxylamine groups is 1. The van der Waals surface area contributed by atoms with Gasteiger partial charge in [-0.15, -0.1) is 0 Å². The first-order chi connectivity index (χ1) is 12.8. The van der Waals surface area contributed by atoms with Gasteiger partial charge in [0.15, 0.2) is 6.61 Å². The topological polar surface area (TPSA) is 101 Å². The minimum absolute atomic E-state index is 0.00328. The van der Waals surface area contributed by atoms with Crippen molar-refractivity contribution in [2.24, 2.45) is 0 Å². The van der Waals surface area contributed by atoms with Crippen LogP contribution in [0.25, 0.3) is 0 Å². The summed E-state index contributed by atoms with van der Waals surface area (Å²) in [6.07, 6.45) is 1.20. The fraction of sp³-hybridized carbons (Fsp3) is 0.529. The number of carbonyl (C=O) groups is 2. The number of rotatable bonds is 6. The highest BCUT2D eigenvalue weighted by molar-refractivity contribution is 6.30. The van der Waals surface area contributed by atoms with Crippen molar-refractivity contribution in [1.82, 2.24) is 21.4 Å². The molecule has 0 aromatic heterocycles. The van der Waals surface area contributed by atoms with E-state index in [1.165, 1.54) is 12.1 Å². The van der Waals surface area contributed by atoms with Crippen LogP contribution in [0, 0.1) is 5.82 Å². The largest absolute Gasteiger partial charge is 0.484 e. The van der Waals surface area contributed by atoms with Gasteiger partial charge in [0.2, 0.25) is 6.23 Å². The summed E-state index contributed by atoms with van der Waals surface area (Å²) in [5.74, 6) is -0.874. The van der Waals surface area contributed by atoms with Crippen LogP contribution in [0.1, 0.15) is 26.2 Å². The number of carbonyl (C=O) groups excluding carboxylic acids is 2. The molecule has 5 rings (SSSR count). The zero-order valence-electron chi connectivity index (χ0n) is 14.6. The van der Waals surface area contributed by atoms with E-state index in [0.29, 0.717) is 19.3 Å². The van der Waals surface area contributed by atoms with Crippen LogP contribution in [0.2, 0.25) is 5.02 Å². The van der Waals surface area contributed by atoms with Crippen LogP contribution < -0.4 is 26.2 Å². The summed E-state index contributed by atoms with van der Waals surface area (Å²) < 4.78 is 18.7. The highest BCUT2D eigenvalue weighted by Crippen LogP contribution is 2.60. The van der Waals surface area contributed by atoms with Crippen molar-refractivity contribution in [2.75, 3.05) is 6.61 Å². The predicted octanol–water partition coefficient (Wildman–Crippen LogP) is 0.562. The van der Waals surface area contributed by atoms with Crippen molar-refractivity contribution < 1.29 is 23.6 Å². The van der Waals surface area contributed by atoms with Crippen LogP contribution in [0.5, 0.6) is 5.75 Å². The van der Waals surface area contributed by atoms with Crippen molar-refractivity contribution in [3.8, 4) is 5.75 Å². The molecule has 2 amide bonds. The third-order valence-corrected chi connectivity index (χ3v) is 5.39. The quantitative estimate of drug-likeness (QED) is 0.559. The molecule has 1 aliphatic heterocycles. The van der Waals surface area contributed by atoms with E-state index in [2.05, 4.69) is 21.4 Å². The van der Waals surface area contributed by atoms with Crippen LogP contribution in [0.15, 0.2) is 18.2 Å². The third kappa shape index (κ3) is 3.60. The number of hydrogen-bond acceptors (Lipinski definition) is 6. The number of ether oxygens (including phenoxy) is 1. The molecule has 0 spiro atoms. The van der Waals surface area contributed by atoms with Crippen LogP contribution in [0.3, 0.4) is 0 Å². The van der Waals surface area contributed by atoms with Crippen molar-refractivity contribution in [1.29, 1.82) is 0 Å². The van der Waals surface area contributed by atoms with E-state index in [-0.39, 0.29) is 46.4 Å². The Balaban J connectivity index is 1.20. The Bertz CT molecular complexity index is 772. The molecule has 1 heterocycles. The summed E-state index contributed by atoms with van der Waals surface area (Å²) >= 11 is 5.60. The Morgan fingerprint density at radius 1 is 1.33 bits per heavy atom. The zero-order chi connectivity index (χ0) is 19.2. The molecule has 0 radical (unpaired) electrons. The van der Waals surface area contributed by atoms with Crippen LogP contribution in [-0.4, -0.2) is 41.9 Å². The van der Waals surface area contributed by atoms with E-state index < -0.39 is 12.0 Å². The molecule has 1 aromatic carbocycles. The van der Waals surface area contributed by atoms with Crippen LogP contribution >= 0.6 is 11.6 Å². The lowest BCUT2D eigenvalue weighted by Gasteiger charge is -2.70. The van der Waals surface area contributed by atoms with Gasteiger partial charge in [0.25, 0.3) is 11.8 Å². The molecule has 4 fully saturated rings. The first-order valence-electron chi connectivity index (χ1n) is 8.66. The average molecular weight is 399 g/mol. The number of halogens is 2. The van der Waals surface area contributed by atoms with Gasteiger partial charge in [-0.2, -0.15) is 5.48 Å². The lowest BCUT2D eigenvalue weighted by atomic mass is 9.44. The molecule has 8 nitrogen and oxygen atoms in total. The van der Waals surface area contributed by atoms with Gasteiger partial charge in [-0.3, -0.25) is 19.7 Å². The summed E-state index contributed by atoms with van der Waals surface area (Å²) in [5.41, 5.74) is 2.11.